The average molecular weight is 283 g/mol. The number of hydrogen-bond acceptors (Lipinski definition) is 5. The Labute approximate surface area is 121 Å². The molecule has 0 radical (unpaired) electrons. The molecule has 1 aromatic heterocycles. The summed E-state index contributed by atoms with van der Waals surface area (Å²) in [5.74, 6) is 1.45. The molecular weight excluding hydrogens is 270 g/mol. The van der Waals surface area contributed by atoms with Gasteiger partial charge in [-0.15, -0.1) is 0 Å². The largest absolute Gasteiger partial charge is 0.484 e. The highest BCUT2D eigenvalue weighted by Crippen LogP contribution is 2.11. The molecule has 0 saturated heterocycles. The highest BCUT2D eigenvalue weighted by atomic mass is 16.5. The van der Waals surface area contributed by atoms with Crippen molar-refractivity contribution in [2.24, 2.45) is 5.10 Å². The van der Waals surface area contributed by atoms with Gasteiger partial charge in [-0.25, -0.2) is 5.43 Å². The van der Waals surface area contributed by atoms with Gasteiger partial charge in [-0.05, 0) is 43.3 Å². The van der Waals surface area contributed by atoms with Crippen LogP contribution in [0.15, 0.2) is 45.9 Å². The molecule has 2 aromatic rings. The second-order valence-electron chi connectivity index (χ2n) is 4.17. The van der Waals surface area contributed by atoms with E-state index in [0.29, 0.717) is 17.1 Å². The minimum atomic E-state index is -0.390. The summed E-state index contributed by atoms with van der Waals surface area (Å²) in [4.78, 5) is 11.5. The van der Waals surface area contributed by atoms with E-state index in [4.69, 9.17) is 14.4 Å². The Kier molecular flexibility index (Phi) is 4.72. The van der Waals surface area contributed by atoms with E-state index in [1.807, 2.05) is 13.0 Å². The van der Waals surface area contributed by atoms with Crippen LogP contribution in [-0.2, 0) is 4.79 Å². The molecule has 1 heterocycles. The first-order valence-corrected chi connectivity index (χ1v) is 6.18. The fourth-order valence-electron chi connectivity index (χ4n) is 1.50. The number of ether oxygens (including phenoxy) is 1. The number of aryl methyl sites for hydroxylation is 1. The lowest BCUT2D eigenvalue weighted by Gasteiger charge is -2.04. The van der Waals surface area contributed by atoms with Crippen molar-refractivity contribution in [3.63, 3.8) is 0 Å². The Hall–Kier alpha value is -3.07. The van der Waals surface area contributed by atoms with Crippen LogP contribution in [0.2, 0.25) is 0 Å². The standard InChI is InChI=1S/C15H13N3O3/c1-11-2-5-14(21-11)9-17-18-15(19)10-20-13-6-3-12(8-16)4-7-13/h2-7,9H,10H2,1H3,(H,18,19). The first-order valence-electron chi connectivity index (χ1n) is 6.18. The van der Waals surface area contributed by atoms with Crippen molar-refractivity contribution < 1.29 is 13.9 Å². The molecule has 0 unspecified atom stereocenters. The van der Waals surface area contributed by atoms with Crippen LogP contribution in [0, 0.1) is 18.3 Å². The number of nitrogens with one attached hydrogen (secondary N) is 1. The molecule has 0 spiro atoms. The van der Waals surface area contributed by atoms with E-state index in [2.05, 4.69) is 10.5 Å². The minimum Gasteiger partial charge on any atom is -0.484 e. The summed E-state index contributed by atoms with van der Waals surface area (Å²) in [6.45, 7) is 1.65. The van der Waals surface area contributed by atoms with Crippen molar-refractivity contribution in [3.8, 4) is 11.8 Å². The van der Waals surface area contributed by atoms with E-state index in [9.17, 15) is 4.79 Å². The van der Waals surface area contributed by atoms with Gasteiger partial charge in [0.05, 0.1) is 17.8 Å². The second kappa shape index (κ2) is 6.91. The third-order valence-corrected chi connectivity index (χ3v) is 2.50. The number of nitriles is 1. The number of nitrogens with zero attached hydrogens (tertiary/aromatic N) is 2. The molecule has 6 nitrogen and oxygen atoms in total. The van der Waals surface area contributed by atoms with Gasteiger partial charge in [-0.2, -0.15) is 10.4 Å². The smallest absolute Gasteiger partial charge is 0.277 e. The van der Waals surface area contributed by atoms with Gasteiger partial charge in [0.1, 0.15) is 17.3 Å². The summed E-state index contributed by atoms with van der Waals surface area (Å²) in [7, 11) is 0. The maximum Gasteiger partial charge on any atom is 0.277 e. The number of carbonyl (C=O) groups excluding carboxylic acids is 1. The van der Waals surface area contributed by atoms with Crippen LogP contribution in [0.3, 0.4) is 0 Å². The van der Waals surface area contributed by atoms with Crippen molar-refractivity contribution in [2.75, 3.05) is 6.61 Å². The van der Waals surface area contributed by atoms with Crippen molar-refractivity contribution in [1.82, 2.24) is 5.43 Å². The van der Waals surface area contributed by atoms with Crippen LogP contribution in [0.5, 0.6) is 5.75 Å². The number of rotatable bonds is 5. The molecule has 0 aliphatic rings. The Morgan fingerprint density at radius 1 is 1.38 bits per heavy atom. The maximum absolute atomic E-state index is 11.5. The first kappa shape index (κ1) is 14.3. The molecule has 0 bridgehead atoms. The zero-order valence-electron chi connectivity index (χ0n) is 11.4. The lowest BCUT2D eigenvalue weighted by atomic mass is 10.2. The van der Waals surface area contributed by atoms with Crippen molar-refractivity contribution in [3.05, 3.63) is 53.5 Å². The molecule has 0 saturated carbocycles. The molecule has 6 heteroatoms. The summed E-state index contributed by atoms with van der Waals surface area (Å²) in [5.41, 5.74) is 2.86. The van der Waals surface area contributed by atoms with E-state index in [-0.39, 0.29) is 12.5 Å². The summed E-state index contributed by atoms with van der Waals surface area (Å²) in [5, 5.41) is 12.4. The zero-order chi connectivity index (χ0) is 15.1. The first-order chi connectivity index (χ1) is 10.2. The second-order valence-corrected chi connectivity index (χ2v) is 4.17. The highest BCUT2D eigenvalue weighted by molar-refractivity contribution is 5.81. The highest BCUT2D eigenvalue weighted by Gasteiger charge is 2.01. The number of hydrazone groups is 1. The van der Waals surface area contributed by atoms with E-state index in [1.54, 1.807) is 36.4 Å². The molecule has 1 amide bonds. The molecule has 0 aliphatic heterocycles. The van der Waals surface area contributed by atoms with Gasteiger partial charge in [0, 0.05) is 0 Å². The Morgan fingerprint density at radius 3 is 2.76 bits per heavy atom. The topological polar surface area (TPSA) is 87.6 Å². The summed E-state index contributed by atoms with van der Waals surface area (Å²) in [6.07, 6.45) is 1.41. The van der Waals surface area contributed by atoms with Gasteiger partial charge in [-0.1, -0.05) is 0 Å². The molecule has 106 valence electrons. The molecule has 2 rings (SSSR count). The van der Waals surface area contributed by atoms with Gasteiger partial charge < -0.3 is 9.15 Å². The summed E-state index contributed by atoms with van der Waals surface area (Å²) >= 11 is 0. The molecule has 0 fully saturated rings. The van der Waals surface area contributed by atoms with Crippen LogP contribution >= 0.6 is 0 Å². The van der Waals surface area contributed by atoms with Gasteiger partial charge in [-0.3, -0.25) is 4.79 Å². The fraction of sp³-hybridized carbons (Fsp3) is 0.133. The van der Waals surface area contributed by atoms with Crippen LogP contribution in [0.25, 0.3) is 0 Å². The fourth-order valence-corrected chi connectivity index (χ4v) is 1.50. The average Bonchev–Trinajstić information content (AvgIpc) is 2.91. The Balaban J connectivity index is 1.76. The molecular formula is C15H13N3O3. The van der Waals surface area contributed by atoms with Gasteiger partial charge in [0.2, 0.25) is 0 Å². The van der Waals surface area contributed by atoms with E-state index in [0.717, 1.165) is 5.76 Å². The Bertz CT molecular complexity index is 681. The van der Waals surface area contributed by atoms with Crippen LogP contribution in [0.4, 0.5) is 0 Å². The number of carbonyl (C=O) groups is 1. The monoisotopic (exact) mass is 283 g/mol. The van der Waals surface area contributed by atoms with E-state index >= 15 is 0 Å². The van der Waals surface area contributed by atoms with Crippen LogP contribution in [-0.4, -0.2) is 18.7 Å². The molecule has 1 aromatic carbocycles. The van der Waals surface area contributed by atoms with Crippen LogP contribution < -0.4 is 10.2 Å². The van der Waals surface area contributed by atoms with Gasteiger partial charge in [0.15, 0.2) is 6.61 Å². The quantitative estimate of drug-likeness (QED) is 0.671. The molecule has 1 N–H and O–H groups in total. The summed E-state index contributed by atoms with van der Waals surface area (Å²) in [6, 6.07) is 12.0. The van der Waals surface area contributed by atoms with Gasteiger partial charge >= 0.3 is 0 Å². The maximum atomic E-state index is 11.5. The number of furan rings is 1. The third kappa shape index (κ3) is 4.51. The lowest BCUT2D eigenvalue weighted by molar-refractivity contribution is -0.123. The van der Waals surface area contributed by atoms with E-state index < -0.39 is 0 Å². The number of hydrogen-bond donors (Lipinski definition) is 1. The normalized spacial score (nSPS) is 10.3. The predicted octanol–water partition coefficient (Wildman–Crippen LogP) is 1.99. The lowest BCUT2D eigenvalue weighted by Crippen LogP contribution is -2.24. The van der Waals surface area contributed by atoms with Crippen molar-refractivity contribution >= 4 is 12.1 Å². The summed E-state index contributed by atoms with van der Waals surface area (Å²) < 4.78 is 10.5. The molecule has 21 heavy (non-hydrogen) atoms. The van der Waals surface area contributed by atoms with Gasteiger partial charge in [0.25, 0.3) is 5.91 Å². The number of amides is 1. The zero-order valence-corrected chi connectivity index (χ0v) is 11.4. The third-order valence-electron chi connectivity index (χ3n) is 2.50. The van der Waals surface area contributed by atoms with E-state index in [1.165, 1.54) is 6.21 Å². The SMILES string of the molecule is Cc1ccc(C=NNC(=O)COc2ccc(C#N)cc2)o1. The van der Waals surface area contributed by atoms with Crippen LogP contribution in [0.1, 0.15) is 17.1 Å². The molecule has 0 atom stereocenters. The molecule has 0 aliphatic carbocycles. The minimum absolute atomic E-state index is 0.166. The van der Waals surface area contributed by atoms with Crippen molar-refractivity contribution in [1.29, 1.82) is 5.26 Å². The van der Waals surface area contributed by atoms with Crippen molar-refractivity contribution in [2.45, 2.75) is 6.92 Å². The number of benzene rings is 1. The Morgan fingerprint density at radius 2 is 2.14 bits per heavy atom. The predicted molar refractivity (Wildman–Crippen MR) is 75.8 cm³/mol.